The molecule has 30 heavy (non-hydrogen) atoms. The average molecular weight is 429 g/mol. The van der Waals surface area contributed by atoms with E-state index in [0.29, 0.717) is 6.61 Å². The molecule has 1 heterocycles. The molecule has 0 aromatic heterocycles. The molecular formula is C25H48O5. The van der Waals surface area contributed by atoms with Gasteiger partial charge in [0, 0.05) is 6.61 Å². The summed E-state index contributed by atoms with van der Waals surface area (Å²) in [6.45, 7) is 2.73. The Morgan fingerprint density at radius 2 is 1.40 bits per heavy atom. The Bertz CT molecular complexity index is 401. The molecule has 0 spiro atoms. The number of aliphatic hydroxyl groups is 3. The van der Waals surface area contributed by atoms with Crippen LogP contribution < -0.4 is 0 Å². The summed E-state index contributed by atoms with van der Waals surface area (Å²) in [5.74, 6) is 0. The summed E-state index contributed by atoms with van der Waals surface area (Å²) in [5.41, 5.74) is 0. The number of hydrogen-bond acceptors (Lipinski definition) is 5. The third-order valence-electron chi connectivity index (χ3n) is 5.97. The predicted octanol–water partition coefficient (Wildman–Crippen LogP) is 4.91. The van der Waals surface area contributed by atoms with Crippen LogP contribution in [0.2, 0.25) is 0 Å². The highest BCUT2D eigenvalue weighted by Crippen LogP contribution is 2.20. The van der Waals surface area contributed by atoms with Crippen molar-refractivity contribution < 1.29 is 24.8 Å². The zero-order chi connectivity index (χ0) is 21.9. The fourth-order valence-corrected chi connectivity index (χ4v) is 3.97. The lowest BCUT2D eigenvalue weighted by Crippen LogP contribution is -2.41. The molecule has 0 bridgehead atoms. The fraction of sp³-hybridized carbons (Fsp3) is 0.920. The van der Waals surface area contributed by atoms with E-state index in [1.807, 2.05) is 0 Å². The van der Waals surface area contributed by atoms with Gasteiger partial charge in [0.2, 0.25) is 0 Å². The highest BCUT2D eigenvalue weighted by Gasteiger charge is 2.40. The highest BCUT2D eigenvalue weighted by atomic mass is 16.6. The number of allylic oxidation sites excluding steroid dienone is 2. The van der Waals surface area contributed by atoms with E-state index in [1.165, 1.54) is 83.5 Å². The molecular weight excluding hydrogens is 380 g/mol. The van der Waals surface area contributed by atoms with Gasteiger partial charge in [-0.05, 0) is 32.1 Å². The molecule has 1 aliphatic heterocycles. The van der Waals surface area contributed by atoms with Crippen LogP contribution in [0.5, 0.6) is 0 Å². The topological polar surface area (TPSA) is 79.2 Å². The highest BCUT2D eigenvalue weighted by molar-refractivity contribution is 4.88. The van der Waals surface area contributed by atoms with Crippen LogP contribution in [0, 0.1) is 0 Å². The van der Waals surface area contributed by atoms with Crippen LogP contribution in [0.4, 0.5) is 0 Å². The number of rotatable bonds is 20. The van der Waals surface area contributed by atoms with Crippen molar-refractivity contribution in [1.29, 1.82) is 0 Å². The van der Waals surface area contributed by atoms with Crippen molar-refractivity contribution in [3.05, 3.63) is 12.2 Å². The standard InChI is InChI=1S/C25H48O5/c1-2-3-4-5-6-7-8-9-10-11-12-13-14-15-16-17-18-19-29-23-21-30-25(24(23)28)22(27)20-26/h7-8,22-28H,2-6,9-21H2,1H3/b8-7+/t22-,23+,24+,25+/m1/s1. The van der Waals surface area contributed by atoms with Gasteiger partial charge in [-0.2, -0.15) is 0 Å². The Hall–Kier alpha value is -0.460. The van der Waals surface area contributed by atoms with E-state index in [0.717, 1.165) is 12.8 Å². The first-order valence-electron chi connectivity index (χ1n) is 12.6. The van der Waals surface area contributed by atoms with Crippen LogP contribution in [0.15, 0.2) is 12.2 Å². The van der Waals surface area contributed by atoms with Crippen molar-refractivity contribution in [3.8, 4) is 0 Å². The summed E-state index contributed by atoms with van der Waals surface area (Å²) >= 11 is 0. The van der Waals surface area contributed by atoms with E-state index < -0.39 is 31.0 Å². The van der Waals surface area contributed by atoms with Crippen LogP contribution in [0.25, 0.3) is 0 Å². The molecule has 5 heteroatoms. The quantitative estimate of drug-likeness (QED) is 0.190. The smallest absolute Gasteiger partial charge is 0.114 e. The van der Waals surface area contributed by atoms with Gasteiger partial charge < -0.3 is 24.8 Å². The Kier molecular flexibility index (Phi) is 17.7. The van der Waals surface area contributed by atoms with E-state index in [1.54, 1.807) is 0 Å². The number of hydrogen-bond donors (Lipinski definition) is 3. The van der Waals surface area contributed by atoms with Crippen molar-refractivity contribution in [1.82, 2.24) is 0 Å². The molecule has 1 rings (SSSR count). The van der Waals surface area contributed by atoms with Crippen LogP contribution in [0.1, 0.15) is 103 Å². The number of aliphatic hydroxyl groups excluding tert-OH is 3. The number of unbranched alkanes of at least 4 members (excludes halogenated alkanes) is 13. The zero-order valence-corrected chi connectivity index (χ0v) is 19.4. The van der Waals surface area contributed by atoms with Gasteiger partial charge in [0.15, 0.2) is 0 Å². The predicted molar refractivity (Wildman–Crippen MR) is 123 cm³/mol. The number of ether oxygens (including phenoxy) is 2. The third-order valence-corrected chi connectivity index (χ3v) is 5.97. The van der Waals surface area contributed by atoms with Crippen LogP contribution in [-0.4, -0.2) is 59.6 Å². The van der Waals surface area contributed by atoms with Crippen molar-refractivity contribution in [3.63, 3.8) is 0 Å². The molecule has 4 atom stereocenters. The fourth-order valence-electron chi connectivity index (χ4n) is 3.97. The Morgan fingerprint density at radius 3 is 1.97 bits per heavy atom. The minimum Gasteiger partial charge on any atom is -0.394 e. The minimum absolute atomic E-state index is 0.275. The summed E-state index contributed by atoms with van der Waals surface area (Å²) in [6.07, 6.45) is 21.0. The van der Waals surface area contributed by atoms with Gasteiger partial charge in [-0.25, -0.2) is 0 Å². The minimum atomic E-state index is -1.05. The Labute approximate surface area is 184 Å². The van der Waals surface area contributed by atoms with Crippen molar-refractivity contribution in [2.45, 2.75) is 128 Å². The first-order chi connectivity index (χ1) is 14.7. The van der Waals surface area contributed by atoms with Gasteiger partial charge in [-0.3, -0.25) is 0 Å². The molecule has 5 nitrogen and oxygen atoms in total. The monoisotopic (exact) mass is 428 g/mol. The Balaban J connectivity index is 1.80. The average Bonchev–Trinajstić information content (AvgIpc) is 3.12. The van der Waals surface area contributed by atoms with Gasteiger partial charge in [0.05, 0.1) is 13.2 Å². The molecule has 178 valence electrons. The van der Waals surface area contributed by atoms with Crippen LogP contribution >= 0.6 is 0 Å². The maximum absolute atomic E-state index is 10.1. The third kappa shape index (κ3) is 13.1. The second-order valence-corrected chi connectivity index (χ2v) is 8.74. The molecule has 0 aliphatic carbocycles. The largest absolute Gasteiger partial charge is 0.394 e. The molecule has 1 aliphatic rings. The summed E-state index contributed by atoms with van der Waals surface area (Å²) in [5, 5.41) is 28.6. The Morgan fingerprint density at radius 1 is 0.867 bits per heavy atom. The lowest BCUT2D eigenvalue weighted by molar-refractivity contribution is -0.0730. The molecule has 0 saturated carbocycles. The van der Waals surface area contributed by atoms with Crippen LogP contribution in [0.3, 0.4) is 0 Å². The maximum Gasteiger partial charge on any atom is 0.114 e. The van der Waals surface area contributed by atoms with Crippen LogP contribution in [-0.2, 0) is 9.47 Å². The van der Waals surface area contributed by atoms with Crippen molar-refractivity contribution in [2.24, 2.45) is 0 Å². The van der Waals surface area contributed by atoms with Gasteiger partial charge in [-0.1, -0.05) is 83.3 Å². The molecule has 0 aromatic rings. The molecule has 3 N–H and O–H groups in total. The second-order valence-electron chi connectivity index (χ2n) is 8.74. The lowest BCUT2D eigenvalue weighted by Gasteiger charge is -2.20. The van der Waals surface area contributed by atoms with Gasteiger partial charge in [0.1, 0.15) is 24.4 Å². The summed E-state index contributed by atoms with van der Waals surface area (Å²) in [6, 6.07) is 0. The van der Waals surface area contributed by atoms with E-state index in [-0.39, 0.29) is 6.61 Å². The van der Waals surface area contributed by atoms with E-state index >= 15 is 0 Å². The zero-order valence-electron chi connectivity index (χ0n) is 19.4. The van der Waals surface area contributed by atoms with Crippen molar-refractivity contribution in [2.75, 3.05) is 19.8 Å². The van der Waals surface area contributed by atoms with Gasteiger partial charge in [-0.15, -0.1) is 0 Å². The SMILES string of the molecule is CCCCCC/C=C/CCCCCCCCCCCO[C@H]1CO[C@@H]([C@H](O)CO)[C@H]1O. The first kappa shape index (κ1) is 27.6. The summed E-state index contributed by atoms with van der Waals surface area (Å²) < 4.78 is 11.0. The molecule has 1 fully saturated rings. The maximum atomic E-state index is 10.1. The van der Waals surface area contributed by atoms with E-state index in [9.17, 15) is 10.2 Å². The molecule has 0 radical (unpaired) electrons. The van der Waals surface area contributed by atoms with E-state index in [4.69, 9.17) is 14.6 Å². The molecule has 0 amide bonds. The lowest BCUT2D eigenvalue weighted by atomic mass is 10.1. The summed E-state index contributed by atoms with van der Waals surface area (Å²) in [7, 11) is 0. The second kappa shape index (κ2) is 19.2. The molecule has 0 unspecified atom stereocenters. The molecule has 1 saturated heterocycles. The summed E-state index contributed by atoms with van der Waals surface area (Å²) in [4.78, 5) is 0. The van der Waals surface area contributed by atoms with Gasteiger partial charge >= 0.3 is 0 Å². The normalized spacial score (nSPS) is 22.9. The van der Waals surface area contributed by atoms with Gasteiger partial charge in [0.25, 0.3) is 0 Å². The molecule has 0 aromatic carbocycles. The van der Waals surface area contributed by atoms with E-state index in [2.05, 4.69) is 19.1 Å². The first-order valence-corrected chi connectivity index (χ1v) is 12.6. The van der Waals surface area contributed by atoms with Crippen molar-refractivity contribution >= 4 is 0 Å².